The van der Waals surface area contributed by atoms with E-state index in [1.54, 1.807) is 17.1 Å². The molecule has 1 heterocycles. The minimum atomic E-state index is -0.390. The van der Waals surface area contributed by atoms with Crippen LogP contribution in [0.25, 0.3) is 0 Å². The standard InChI is InChI=1S/C11H18N4O2/c16-10-4-2-1-3-9(10)13-11(17)5-7-15-8-6-12-14-15/h6,8-10,16H,1-5,7H2,(H,13,17)/t9-,10-/m1/s1. The minimum Gasteiger partial charge on any atom is -0.391 e. The zero-order valence-corrected chi connectivity index (χ0v) is 9.75. The number of aromatic nitrogens is 3. The number of carbonyl (C=O) groups excluding carboxylic acids is 1. The summed E-state index contributed by atoms with van der Waals surface area (Å²) in [6, 6.07) is -0.0769. The lowest BCUT2D eigenvalue weighted by atomic mass is 9.92. The number of hydrogen-bond donors (Lipinski definition) is 2. The largest absolute Gasteiger partial charge is 0.391 e. The van der Waals surface area contributed by atoms with Crippen molar-refractivity contribution in [2.45, 2.75) is 50.8 Å². The summed E-state index contributed by atoms with van der Waals surface area (Å²) in [6.07, 6.45) is 7.07. The fraction of sp³-hybridized carbons (Fsp3) is 0.727. The molecule has 1 aromatic rings. The van der Waals surface area contributed by atoms with Gasteiger partial charge in [-0.15, -0.1) is 5.10 Å². The van der Waals surface area contributed by atoms with Gasteiger partial charge in [0.15, 0.2) is 0 Å². The van der Waals surface area contributed by atoms with E-state index in [1.165, 1.54) is 0 Å². The van der Waals surface area contributed by atoms with Gasteiger partial charge < -0.3 is 10.4 Å². The smallest absolute Gasteiger partial charge is 0.222 e. The maximum atomic E-state index is 11.7. The van der Waals surface area contributed by atoms with Crippen LogP contribution in [0, 0.1) is 0 Å². The average Bonchev–Trinajstić information content (AvgIpc) is 2.82. The first-order valence-electron chi connectivity index (χ1n) is 6.07. The Morgan fingerprint density at radius 2 is 2.29 bits per heavy atom. The summed E-state index contributed by atoms with van der Waals surface area (Å²) in [6.45, 7) is 0.522. The third-order valence-corrected chi connectivity index (χ3v) is 3.12. The molecule has 2 rings (SSSR count). The van der Waals surface area contributed by atoms with E-state index in [0.29, 0.717) is 13.0 Å². The number of nitrogens with zero attached hydrogens (tertiary/aromatic N) is 3. The van der Waals surface area contributed by atoms with Crippen molar-refractivity contribution in [3.8, 4) is 0 Å². The Kier molecular flexibility index (Phi) is 4.08. The maximum Gasteiger partial charge on any atom is 0.222 e. The van der Waals surface area contributed by atoms with Crippen LogP contribution in [-0.2, 0) is 11.3 Å². The third kappa shape index (κ3) is 3.52. The summed E-state index contributed by atoms with van der Waals surface area (Å²) in [5.41, 5.74) is 0. The van der Waals surface area contributed by atoms with Crippen molar-refractivity contribution >= 4 is 5.91 Å². The number of nitrogens with one attached hydrogen (secondary N) is 1. The molecular weight excluding hydrogens is 220 g/mol. The predicted octanol–water partition coefficient (Wildman–Crippen LogP) is 0.0879. The summed E-state index contributed by atoms with van der Waals surface area (Å²) in [5, 5.41) is 20.1. The predicted molar refractivity (Wildman–Crippen MR) is 61.0 cm³/mol. The summed E-state index contributed by atoms with van der Waals surface area (Å²) >= 11 is 0. The zero-order chi connectivity index (χ0) is 12.1. The van der Waals surface area contributed by atoms with Gasteiger partial charge in [0.2, 0.25) is 5.91 Å². The van der Waals surface area contributed by atoms with Gasteiger partial charge in [0.25, 0.3) is 0 Å². The molecule has 6 nitrogen and oxygen atoms in total. The molecule has 1 aliphatic rings. The number of aryl methyl sites for hydroxylation is 1. The summed E-state index contributed by atoms with van der Waals surface area (Å²) < 4.78 is 1.62. The molecule has 0 spiro atoms. The van der Waals surface area contributed by atoms with Crippen molar-refractivity contribution in [2.24, 2.45) is 0 Å². The fourth-order valence-corrected chi connectivity index (χ4v) is 2.13. The second-order valence-electron chi connectivity index (χ2n) is 4.44. The van der Waals surface area contributed by atoms with Crippen LogP contribution in [0.3, 0.4) is 0 Å². The molecule has 94 valence electrons. The molecule has 17 heavy (non-hydrogen) atoms. The lowest BCUT2D eigenvalue weighted by Crippen LogP contribution is -2.45. The zero-order valence-electron chi connectivity index (χ0n) is 9.75. The van der Waals surface area contributed by atoms with Crippen LogP contribution in [-0.4, -0.2) is 38.2 Å². The Bertz CT molecular complexity index is 352. The van der Waals surface area contributed by atoms with Crippen molar-refractivity contribution in [3.05, 3.63) is 12.4 Å². The molecule has 1 saturated carbocycles. The SMILES string of the molecule is O=C(CCn1ccnn1)N[C@@H]1CCCC[C@H]1O. The van der Waals surface area contributed by atoms with E-state index in [1.807, 2.05) is 0 Å². The number of hydrogen-bond acceptors (Lipinski definition) is 4. The summed E-state index contributed by atoms with van der Waals surface area (Å²) in [5.74, 6) is -0.0357. The molecule has 1 aromatic heterocycles. The molecule has 2 atom stereocenters. The van der Waals surface area contributed by atoms with Crippen LogP contribution in [0.2, 0.25) is 0 Å². The van der Waals surface area contributed by atoms with Crippen LogP contribution < -0.4 is 5.32 Å². The van der Waals surface area contributed by atoms with Crippen LogP contribution in [0.5, 0.6) is 0 Å². The number of carbonyl (C=O) groups is 1. The van der Waals surface area contributed by atoms with Gasteiger partial charge in [0.1, 0.15) is 0 Å². The number of aliphatic hydroxyl groups excluding tert-OH is 1. The van der Waals surface area contributed by atoms with E-state index in [-0.39, 0.29) is 18.1 Å². The lowest BCUT2D eigenvalue weighted by molar-refractivity contribution is -0.123. The lowest BCUT2D eigenvalue weighted by Gasteiger charge is -2.28. The molecule has 1 fully saturated rings. The molecule has 0 bridgehead atoms. The van der Waals surface area contributed by atoms with Crippen molar-refractivity contribution in [1.29, 1.82) is 0 Å². The Balaban J connectivity index is 1.73. The Hall–Kier alpha value is -1.43. The third-order valence-electron chi connectivity index (χ3n) is 3.12. The van der Waals surface area contributed by atoms with Crippen LogP contribution >= 0.6 is 0 Å². The first-order chi connectivity index (χ1) is 8.25. The van der Waals surface area contributed by atoms with Crippen molar-refractivity contribution in [3.63, 3.8) is 0 Å². The topological polar surface area (TPSA) is 80.0 Å². The molecule has 2 N–H and O–H groups in total. The quantitative estimate of drug-likeness (QED) is 0.779. The van der Waals surface area contributed by atoms with Gasteiger partial charge in [-0.3, -0.25) is 9.48 Å². The highest BCUT2D eigenvalue weighted by Gasteiger charge is 2.24. The monoisotopic (exact) mass is 238 g/mol. The van der Waals surface area contributed by atoms with Crippen LogP contribution in [0.1, 0.15) is 32.1 Å². The average molecular weight is 238 g/mol. The van der Waals surface area contributed by atoms with Crippen LogP contribution in [0.4, 0.5) is 0 Å². The van der Waals surface area contributed by atoms with Gasteiger partial charge in [0.05, 0.1) is 24.9 Å². The highest BCUT2D eigenvalue weighted by atomic mass is 16.3. The van der Waals surface area contributed by atoms with Gasteiger partial charge in [-0.2, -0.15) is 0 Å². The van der Waals surface area contributed by atoms with E-state index >= 15 is 0 Å². The van der Waals surface area contributed by atoms with Gasteiger partial charge >= 0.3 is 0 Å². The van der Waals surface area contributed by atoms with E-state index in [9.17, 15) is 9.90 Å². The normalized spacial score (nSPS) is 24.5. The molecule has 1 amide bonds. The molecule has 1 aliphatic carbocycles. The number of aliphatic hydroxyl groups is 1. The second kappa shape index (κ2) is 5.77. The number of amides is 1. The molecule has 0 radical (unpaired) electrons. The fourth-order valence-electron chi connectivity index (χ4n) is 2.13. The summed E-state index contributed by atoms with van der Waals surface area (Å²) in [7, 11) is 0. The molecule has 6 heteroatoms. The highest BCUT2D eigenvalue weighted by Crippen LogP contribution is 2.18. The Morgan fingerprint density at radius 1 is 1.47 bits per heavy atom. The highest BCUT2D eigenvalue weighted by molar-refractivity contribution is 5.76. The molecule has 0 aliphatic heterocycles. The van der Waals surface area contributed by atoms with Gasteiger partial charge in [0, 0.05) is 12.6 Å². The van der Waals surface area contributed by atoms with E-state index < -0.39 is 0 Å². The minimum absolute atomic E-state index is 0.0357. The molecule has 0 saturated heterocycles. The first kappa shape index (κ1) is 12.0. The van der Waals surface area contributed by atoms with Gasteiger partial charge in [-0.25, -0.2) is 0 Å². The van der Waals surface area contributed by atoms with Crippen molar-refractivity contribution in [2.75, 3.05) is 0 Å². The Morgan fingerprint density at radius 3 is 3.00 bits per heavy atom. The second-order valence-corrected chi connectivity index (χ2v) is 4.44. The Labute approximate surface area is 100 Å². The maximum absolute atomic E-state index is 11.7. The van der Waals surface area contributed by atoms with E-state index in [2.05, 4.69) is 15.6 Å². The molecule has 0 unspecified atom stereocenters. The summed E-state index contributed by atoms with van der Waals surface area (Å²) in [4.78, 5) is 11.7. The number of rotatable bonds is 4. The van der Waals surface area contributed by atoms with Crippen molar-refractivity contribution < 1.29 is 9.90 Å². The first-order valence-corrected chi connectivity index (χ1v) is 6.07. The van der Waals surface area contributed by atoms with Gasteiger partial charge in [-0.05, 0) is 12.8 Å². The molecule has 0 aromatic carbocycles. The van der Waals surface area contributed by atoms with E-state index in [0.717, 1.165) is 25.7 Å². The van der Waals surface area contributed by atoms with Crippen LogP contribution in [0.15, 0.2) is 12.4 Å². The molecular formula is C11H18N4O2. The van der Waals surface area contributed by atoms with Gasteiger partial charge in [-0.1, -0.05) is 18.1 Å². The van der Waals surface area contributed by atoms with Crippen molar-refractivity contribution in [1.82, 2.24) is 20.3 Å². The van der Waals surface area contributed by atoms with E-state index in [4.69, 9.17) is 0 Å².